The zero-order valence-electron chi connectivity index (χ0n) is 10.5. The van der Waals surface area contributed by atoms with Crippen molar-refractivity contribution in [2.45, 2.75) is 12.1 Å². The van der Waals surface area contributed by atoms with Crippen LogP contribution < -0.4 is 5.73 Å². The molecule has 88 valence electrons. The first-order valence-corrected chi connectivity index (χ1v) is 4.26. The Labute approximate surface area is 94.7 Å². The van der Waals surface area contributed by atoms with Gasteiger partial charge in [-0.25, -0.2) is 0 Å². The van der Waals surface area contributed by atoms with Crippen LogP contribution in [-0.2, 0) is 9.53 Å². The molecule has 0 spiro atoms. The minimum atomic E-state index is -2.86. The van der Waals surface area contributed by atoms with Crippen molar-refractivity contribution in [3.8, 4) is 11.5 Å². The summed E-state index contributed by atoms with van der Waals surface area (Å²) in [5.41, 5.74) is 4.95. The molecule has 0 saturated carbocycles. The Hall–Kier alpha value is -1.79. The van der Waals surface area contributed by atoms with E-state index in [9.17, 15) is 15.0 Å². The molecular weight excluding hydrogens is 214 g/mol. The summed E-state index contributed by atoms with van der Waals surface area (Å²) >= 11 is 0. The molecule has 6 nitrogen and oxygen atoms in total. The molecule has 0 aliphatic carbocycles. The molecule has 0 aromatic heterocycles. The zero-order chi connectivity index (χ0) is 14.1. The zero-order valence-corrected chi connectivity index (χ0v) is 8.47. The number of aromatic hydroxyl groups is 2. The Morgan fingerprint density at radius 1 is 1.50 bits per heavy atom. The van der Waals surface area contributed by atoms with Crippen LogP contribution >= 0.6 is 0 Å². The standard InChI is InChI=1S/C10H13NO5/c1-16-10(15)8(11)9(14)5-2-3-6(12)7(13)4-5/h2-4,8-9,12-14H,11H2,1H3/t8-,9+/m0/s1/i8D,9D. The van der Waals surface area contributed by atoms with E-state index in [1.54, 1.807) is 0 Å². The SMILES string of the molecule is [2H][C@@](N)(C(=O)OC)[C@]([2H])(O)c1ccc(O)c(O)c1. The van der Waals surface area contributed by atoms with Crippen molar-refractivity contribution in [2.75, 3.05) is 7.11 Å². The fourth-order valence-corrected chi connectivity index (χ4v) is 1.03. The Morgan fingerprint density at radius 3 is 2.62 bits per heavy atom. The summed E-state index contributed by atoms with van der Waals surface area (Å²) in [5.74, 6) is -2.40. The van der Waals surface area contributed by atoms with E-state index in [0.717, 1.165) is 25.3 Å². The van der Waals surface area contributed by atoms with E-state index in [-0.39, 0.29) is 5.56 Å². The van der Waals surface area contributed by atoms with Crippen LogP contribution in [0, 0.1) is 0 Å². The van der Waals surface area contributed by atoms with Crippen LogP contribution in [0.1, 0.15) is 14.4 Å². The summed E-state index contributed by atoms with van der Waals surface area (Å²) in [7, 11) is 0.961. The molecule has 1 rings (SSSR count). The van der Waals surface area contributed by atoms with E-state index in [2.05, 4.69) is 4.74 Å². The van der Waals surface area contributed by atoms with Gasteiger partial charge in [-0.3, -0.25) is 4.79 Å². The number of carbonyl (C=O) groups excluding carboxylic acids is 1. The summed E-state index contributed by atoms with van der Waals surface area (Å²) in [6.07, 6.45) is -2.86. The van der Waals surface area contributed by atoms with Gasteiger partial charge < -0.3 is 25.8 Å². The Morgan fingerprint density at radius 2 is 2.12 bits per heavy atom. The first-order valence-electron chi connectivity index (χ1n) is 5.26. The number of phenolic OH excluding ortho intramolecular Hbond substituents is 2. The molecule has 0 aliphatic heterocycles. The smallest absolute Gasteiger partial charge is 0.325 e. The first-order chi connectivity index (χ1) is 8.14. The lowest BCUT2D eigenvalue weighted by Crippen LogP contribution is -2.37. The number of carbonyl (C=O) groups is 1. The molecule has 16 heavy (non-hydrogen) atoms. The number of methoxy groups -OCH3 is 1. The molecule has 1 aromatic carbocycles. The van der Waals surface area contributed by atoms with Crippen molar-refractivity contribution in [1.82, 2.24) is 0 Å². The number of ether oxygens (including phenoxy) is 1. The van der Waals surface area contributed by atoms with Gasteiger partial charge in [-0.05, 0) is 17.7 Å². The highest BCUT2D eigenvalue weighted by Crippen LogP contribution is 2.28. The number of phenols is 2. The van der Waals surface area contributed by atoms with Crippen molar-refractivity contribution >= 4 is 5.97 Å². The van der Waals surface area contributed by atoms with E-state index >= 15 is 0 Å². The fraction of sp³-hybridized carbons (Fsp3) is 0.300. The normalized spacial score (nSPS) is 19.9. The lowest BCUT2D eigenvalue weighted by Gasteiger charge is -2.17. The second-order valence-corrected chi connectivity index (χ2v) is 2.96. The number of esters is 1. The molecule has 5 N–H and O–H groups in total. The second-order valence-electron chi connectivity index (χ2n) is 2.96. The van der Waals surface area contributed by atoms with Gasteiger partial charge in [-0.2, -0.15) is 0 Å². The van der Waals surface area contributed by atoms with Crippen LogP contribution in [0.2, 0.25) is 0 Å². The molecular formula is C10H13NO5. The molecule has 0 radical (unpaired) electrons. The highest BCUT2D eigenvalue weighted by Gasteiger charge is 2.25. The maximum atomic E-state index is 11.3. The van der Waals surface area contributed by atoms with Gasteiger partial charge in [-0.15, -0.1) is 0 Å². The molecule has 0 amide bonds. The van der Waals surface area contributed by atoms with E-state index in [0.29, 0.717) is 0 Å². The first kappa shape index (κ1) is 9.44. The average molecular weight is 229 g/mol. The van der Waals surface area contributed by atoms with Gasteiger partial charge in [0.25, 0.3) is 0 Å². The number of benzene rings is 1. The van der Waals surface area contributed by atoms with Gasteiger partial charge in [0, 0.05) is 0 Å². The third kappa shape index (κ3) is 2.41. The number of aliphatic hydroxyl groups is 1. The number of hydrogen-bond donors (Lipinski definition) is 4. The van der Waals surface area contributed by atoms with E-state index in [4.69, 9.17) is 13.6 Å². The molecule has 0 aliphatic rings. The summed E-state index contributed by atoms with van der Waals surface area (Å²) < 4.78 is 19.4. The Bertz CT molecular complexity index is 475. The van der Waals surface area contributed by atoms with Crippen molar-refractivity contribution in [2.24, 2.45) is 5.73 Å². The second kappa shape index (κ2) is 4.82. The third-order valence-corrected chi connectivity index (χ3v) is 1.91. The van der Waals surface area contributed by atoms with Gasteiger partial charge in [0.1, 0.15) is 12.1 Å². The van der Waals surface area contributed by atoms with Gasteiger partial charge in [0.15, 0.2) is 11.5 Å². The predicted octanol–water partition coefficient (Wildman–Crippen LogP) is -0.369. The van der Waals surface area contributed by atoms with Crippen LogP contribution in [-0.4, -0.2) is 34.4 Å². The van der Waals surface area contributed by atoms with Crippen molar-refractivity contribution in [1.29, 1.82) is 0 Å². The quantitative estimate of drug-likeness (QED) is 0.415. The highest BCUT2D eigenvalue weighted by molar-refractivity contribution is 5.76. The van der Waals surface area contributed by atoms with Gasteiger partial charge in [-0.1, -0.05) is 6.07 Å². The van der Waals surface area contributed by atoms with E-state index in [1.807, 2.05) is 0 Å². The lowest BCUT2D eigenvalue weighted by atomic mass is 10.0. The van der Waals surface area contributed by atoms with Crippen molar-refractivity contribution in [3.63, 3.8) is 0 Å². The largest absolute Gasteiger partial charge is 0.504 e. The van der Waals surface area contributed by atoms with Crippen LogP contribution in [0.25, 0.3) is 0 Å². The van der Waals surface area contributed by atoms with Crippen LogP contribution in [0.4, 0.5) is 0 Å². The topological polar surface area (TPSA) is 113 Å². The minimum Gasteiger partial charge on any atom is -0.504 e. The maximum Gasteiger partial charge on any atom is 0.325 e. The van der Waals surface area contributed by atoms with Crippen LogP contribution in [0.15, 0.2) is 18.2 Å². The van der Waals surface area contributed by atoms with E-state index in [1.165, 1.54) is 0 Å². The van der Waals surface area contributed by atoms with Crippen molar-refractivity contribution < 1.29 is 27.6 Å². The molecule has 0 bridgehead atoms. The summed E-state index contributed by atoms with van der Waals surface area (Å²) in [6, 6.07) is 0.102. The number of nitrogens with two attached hydrogens (primary N) is 1. The molecule has 2 atom stereocenters. The van der Waals surface area contributed by atoms with Gasteiger partial charge in [0.2, 0.25) is 0 Å². The Balaban J connectivity index is 3.27. The monoisotopic (exact) mass is 229 g/mol. The molecule has 6 heteroatoms. The van der Waals surface area contributed by atoms with Crippen LogP contribution in [0.3, 0.4) is 0 Å². The highest BCUT2D eigenvalue weighted by atomic mass is 16.5. The lowest BCUT2D eigenvalue weighted by molar-refractivity contribution is -0.145. The van der Waals surface area contributed by atoms with Gasteiger partial charge >= 0.3 is 5.97 Å². The molecule has 0 unspecified atom stereocenters. The summed E-state index contributed by atoms with van der Waals surface area (Å²) in [5, 5.41) is 28.3. The summed E-state index contributed by atoms with van der Waals surface area (Å²) in [6.45, 7) is 0. The molecule has 0 fully saturated rings. The van der Waals surface area contributed by atoms with E-state index < -0.39 is 29.6 Å². The number of rotatable bonds is 3. The van der Waals surface area contributed by atoms with Gasteiger partial charge in [0.05, 0.1) is 9.85 Å². The molecule has 1 aromatic rings. The molecule has 0 saturated heterocycles. The Kier molecular flexibility index (Phi) is 2.84. The third-order valence-electron chi connectivity index (χ3n) is 1.91. The summed E-state index contributed by atoms with van der Waals surface area (Å²) in [4.78, 5) is 11.3. The fourth-order valence-electron chi connectivity index (χ4n) is 1.03. The number of hydrogen-bond acceptors (Lipinski definition) is 6. The molecule has 0 heterocycles. The average Bonchev–Trinajstić information content (AvgIpc) is 2.31. The van der Waals surface area contributed by atoms with Crippen molar-refractivity contribution in [3.05, 3.63) is 23.8 Å². The predicted molar refractivity (Wildman–Crippen MR) is 54.7 cm³/mol. The minimum absolute atomic E-state index is 0.333. The maximum absolute atomic E-state index is 11.3. The van der Waals surface area contributed by atoms with Crippen LogP contribution in [0.5, 0.6) is 11.5 Å².